The van der Waals surface area contributed by atoms with Gasteiger partial charge in [0.05, 0.1) is 12.4 Å². The van der Waals surface area contributed by atoms with Gasteiger partial charge in [0.2, 0.25) is 0 Å². The summed E-state index contributed by atoms with van der Waals surface area (Å²) in [5.41, 5.74) is 0.320. The van der Waals surface area contributed by atoms with Gasteiger partial charge in [-0.2, -0.15) is 0 Å². The molecule has 0 saturated heterocycles. The van der Waals surface area contributed by atoms with Gasteiger partial charge < -0.3 is 5.32 Å². The number of halogens is 1. The summed E-state index contributed by atoms with van der Waals surface area (Å²) in [6.45, 7) is 0.708. The monoisotopic (exact) mass is 267 g/mol. The van der Waals surface area contributed by atoms with E-state index in [0.29, 0.717) is 17.4 Å². The molecule has 0 aliphatic heterocycles. The Kier molecular flexibility index (Phi) is 4.93. The summed E-state index contributed by atoms with van der Waals surface area (Å²) >= 11 is 5.61. The van der Waals surface area contributed by atoms with Crippen molar-refractivity contribution in [2.45, 2.75) is 38.5 Å². The lowest BCUT2D eigenvalue weighted by Crippen LogP contribution is -2.25. The number of hydrogen-bond donors (Lipinski definition) is 1. The Morgan fingerprint density at radius 1 is 1.33 bits per heavy atom. The molecule has 0 aromatic carbocycles. The molecule has 0 bridgehead atoms. The quantitative estimate of drug-likeness (QED) is 0.835. The van der Waals surface area contributed by atoms with Crippen LogP contribution in [0.2, 0.25) is 5.15 Å². The second kappa shape index (κ2) is 6.69. The molecule has 0 unspecified atom stereocenters. The second-order valence-corrected chi connectivity index (χ2v) is 5.16. The molecule has 0 spiro atoms. The van der Waals surface area contributed by atoms with Crippen molar-refractivity contribution in [3.8, 4) is 0 Å². The molecule has 1 heterocycles. The van der Waals surface area contributed by atoms with Gasteiger partial charge in [0, 0.05) is 6.54 Å². The lowest BCUT2D eigenvalue weighted by molar-refractivity contribution is 0.0947. The summed E-state index contributed by atoms with van der Waals surface area (Å²) in [5, 5.41) is 3.16. The molecule has 1 aromatic rings. The number of carbonyl (C=O) groups is 1. The third-order valence-electron chi connectivity index (χ3n) is 3.40. The van der Waals surface area contributed by atoms with Gasteiger partial charge in [-0.15, -0.1) is 0 Å². The van der Waals surface area contributed by atoms with Gasteiger partial charge >= 0.3 is 0 Å². The maximum absolute atomic E-state index is 11.7. The van der Waals surface area contributed by atoms with Crippen LogP contribution in [0.25, 0.3) is 0 Å². The average molecular weight is 268 g/mol. The summed E-state index contributed by atoms with van der Waals surface area (Å²) in [6.07, 6.45) is 10.5. The van der Waals surface area contributed by atoms with Gasteiger partial charge in [0.1, 0.15) is 10.8 Å². The molecular formula is C13H18ClN3O. The highest BCUT2D eigenvalue weighted by Gasteiger charge is 2.14. The van der Waals surface area contributed by atoms with E-state index in [4.69, 9.17) is 11.6 Å². The van der Waals surface area contributed by atoms with Crippen LogP contribution in [0.5, 0.6) is 0 Å². The molecule has 5 heteroatoms. The third-order valence-corrected chi connectivity index (χ3v) is 3.60. The average Bonchev–Trinajstić information content (AvgIpc) is 2.88. The summed E-state index contributed by atoms with van der Waals surface area (Å²) in [7, 11) is 0. The molecule has 1 N–H and O–H groups in total. The number of amides is 1. The minimum Gasteiger partial charge on any atom is -0.351 e. The van der Waals surface area contributed by atoms with Crippen LogP contribution in [0, 0.1) is 5.92 Å². The van der Waals surface area contributed by atoms with Crippen molar-refractivity contribution >= 4 is 17.5 Å². The third kappa shape index (κ3) is 3.95. The van der Waals surface area contributed by atoms with E-state index in [-0.39, 0.29) is 5.91 Å². The van der Waals surface area contributed by atoms with Crippen molar-refractivity contribution in [3.05, 3.63) is 23.2 Å². The fraction of sp³-hybridized carbons (Fsp3) is 0.615. The first-order chi connectivity index (χ1) is 8.75. The van der Waals surface area contributed by atoms with Crippen molar-refractivity contribution in [1.82, 2.24) is 15.3 Å². The number of hydrogen-bond acceptors (Lipinski definition) is 3. The minimum atomic E-state index is -0.175. The van der Waals surface area contributed by atoms with Gasteiger partial charge in [-0.1, -0.05) is 37.3 Å². The molecule has 4 nitrogen and oxygen atoms in total. The standard InChI is InChI=1S/C13H18ClN3O/c14-12-9-16-11(8-17-12)13(18)15-7-3-6-10-4-1-2-5-10/h8-10H,1-7H2,(H,15,18). The fourth-order valence-corrected chi connectivity index (χ4v) is 2.51. The van der Waals surface area contributed by atoms with Crippen molar-refractivity contribution in [2.24, 2.45) is 5.92 Å². The van der Waals surface area contributed by atoms with E-state index < -0.39 is 0 Å². The molecule has 1 amide bonds. The van der Waals surface area contributed by atoms with Crippen molar-refractivity contribution in [2.75, 3.05) is 6.54 Å². The summed E-state index contributed by atoms with van der Waals surface area (Å²) in [5.74, 6) is 0.697. The van der Waals surface area contributed by atoms with E-state index in [1.807, 2.05) is 0 Å². The van der Waals surface area contributed by atoms with Crippen LogP contribution in [-0.2, 0) is 0 Å². The van der Waals surface area contributed by atoms with Crippen LogP contribution >= 0.6 is 11.6 Å². The van der Waals surface area contributed by atoms with Crippen LogP contribution < -0.4 is 5.32 Å². The first-order valence-electron chi connectivity index (χ1n) is 6.51. The van der Waals surface area contributed by atoms with E-state index in [1.54, 1.807) is 0 Å². The van der Waals surface area contributed by atoms with Crippen molar-refractivity contribution in [1.29, 1.82) is 0 Å². The van der Waals surface area contributed by atoms with E-state index in [9.17, 15) is 4.79 Å². The number of aromatic nitrogens is 2. The van der Waals surface area contributed by atoms with E-state index >= 15 is 0 Å². The molecule has 0 atom stereocenters. The number of carbonyl (C=O) groups excluding carboxylic acids is 1. The molecule has 0 radical (unpaired) electrons. The second-order valence-electron chi connectivity index (χ2n) is 4.77. The highest BCUT2D eigenvalue weighted by Crippen LogP contribution is 2.28. The SMILES string of the molecule is O=C(NCCCC1CCCC1)c1cnc(Cl)cn1. The molecule has 1 aliphatic carbocycles. The summed E-state index contributed by atoms with van der Waals surface area (Å²) < 4.78 is 0. The zero-order valence-electron chi connectivity index (χ0n) is 10.4. The zero-order valence-corrected chi connectivity index (χ0v) is 11.1. The molecule has 98 valence electrons. The Morgan fingerprint density at radius 3 is 2.78 bits per heavy atom. The molecule has 1 aromatic heterocycles. The van der Waals surface area contributed by atoms with Gasteiger partial charge in [-0.05, 0) is 18.8 Å². The molecule has 18 heavy (non-hydrogen) atoms. The van der Waals surface area contributed by atoms with Crippen molar-refractivity contribution < 1.29 is 4.79 Å². The normalized spacial score (nSPS) is 15.8. The largest absolute Gasteiger partial charge is 0.351 e. The Labute approximate surface area is 112 Å². The van der Waals surface area contributed by atoms with Gasteiger partial charge in [-0.25, -0.2) is 9.97 Å². The van der Waals surface area contributed by atoms with Crippen LogP contribution in [0.4, 0.5) is 0 Å². The van der Waals surface area contributed by atoms with Crippen LogP contribution in [-0.4, -0.2) is 22.4 Å². The van der Waals surface area contributed by atoms with Crippen molar-refractivity contribution in [3.63, 3.8) is 0 Å². The van der Waals surface area contributed by atoms with E-state index in [2.05, 4.69) is 15.3 Å². The molecule has 2 rings (SSSR count). The van der Waals surface area contributed by atoms with Crippen LogP contribution in [0.15, 0.2) is 12.4 Å². The van der Waals surface area contributed by atoms with Crippen LogP contribution in [0.1, 0.15) is 49.0 Å². The molecule has 1 aliphatic rings. The predicted molar refractivity (Wildman–Crippen MR) is 70.6 cm³/mol. The highest BCUT2D eigenvalue weighted by atomic mass is 35.5. The number of rotatable bonds is 5. The van der Waals surface area contributed by atoms with Crippen LogP contribution in [0.3, 0.4) is 0 Å². The molecule has 1 fully saturated rings. The van der Waals surface area contributed by atoms with E-state index in [1.165, 1.54) is 44.5 Å². The number of nitrogens with zero attached hydrogens (tertiary/aromatic N) is 2. The Bertz CT molecular complexity index is 388. The zero-order chi connectivity index (χ0) is 12.8. The van der Waals surface area contributed by atoms with Gasteiger partial charge in [-0.3, -0.25) is 4.79 Å². The fourth-order valence-electron chi connectivity index (χ4n) is 2.41. The lowest BCUT2D eigenvalue weighted by Gasteiger charge is -2.08. The first kappa shape index (κ1) is 13.3. The Morgan fingerprint density at radius 2 is 2.11 bits per heavy atom. The Balaban J connectivity index is 1.66. The smallest absolute Gasteiger partial charge is 0.271 e. The van der Waals surface area contributed by atoms with Gasteiger partial charge in [0.15, 0.2) is 0 Å². The highest BCUT2D eigenvalue weighted by molar-refractivity contribution is 6.29. The maximum atomic E-state index is 11.7. The lowest BCUT2D eigenvalue weighted by atomic mass is 10.0. The summed E-state index contributed by atoms with van der Waals surface area (Å²) in [4.78, 5) is 19.5. The Hall–Kier alpha value is -1.16. The summed E-state index contributed by atoms with van der Waals surface area (Å²) in [6, 6.07) is 0. The minimum absolute atomic E-state index is 0.175. The van der Waals surface area contributed by atoms with Gasteiger partial charge in [0.25, 0.3) is 5.91 Å². The predicted octanol–water partition coefficient (Wildman–Crippen LogP) is 2.83. The molecule has 1 saturated carbocycles. The number of nitrogens with one attached hydrogen (secondary N) is 1. The topological polar surface area (TPSA) is 54.9 Å². The molecular weight excluding hydrogens is 250 g/mol. The first-order valence-corrected chi connectivity index (χ1v) is 6.89. The van der Waals surface area contributed by atoms with E-state index in [0.717, 1.165) is 12.3 Å². The maximum Gasteiger partial charge on any atom is 0.271 e.